The van der Waals surface area contributed by atoms with E-state index >= 15 is 0 Å². The van der Waals surface area contributed by atoms with Crippen molar-refractivity contribution in [2.24, 2.45) is 5.73 Å². The summed E-state index contributed by atoms with van der Waals surface area (Å²) in [6.45, 7) is -0.726. The molecule has 20 heavy (non-hydrogen) atoms. The van der Waals surface area contributed by atoms with Crippen LogP contribution in [0.15, 0.2) is 0 Å². The van der Waals surface area contributed by atoms with Gasteiger partial charge in [-0.3, -0.25) is 0 Å². The molecular weight excluding hydrogens is 290 g/mol. The highest BCUT2D eigenvalue weighted by Crippen LogP contribution is 2.14. The Kier molecular flexibility index (Phi) is 4.32. The van der Waals surface area contributed by atoms with Gasteiger partial charge in [-0.25, -0.2) is 5.10 Å². The maximum Gasteiger partial charge on any atom is 0.289 e. The van der Waals surface area contributed by atoms with Crippen molar-refractivity contribution in [2.45, 2.75) is 24.4 Å². The lowest BCUT2D eigenvalue weighted by atomic mass is 10.0. The fourth-order valence-corrected chi connectivity index (χ4v) is 1.66. The van der Waals surface area contributed by atoms with Crippen LogP contribution >= 0.6 is 12.2 Å². The molecule has 0 aliphatic heterocycles. The first-order valence-electron chi connectivity index (χ1n) is 5.54. The number of nitrogens with zero attached hydrogens (tertiary/aromatic N) is 5. The Hall–Kier alpha value is -1.57. The van der Waals surface area contributed by atoms with Crippen molar-refractivity contribution in [3.05, 3.63) is 10.6 Å². The first-order valence-corrected chi connectivity index (χ1v) is 5.95. The summed E-state index contributed by atoms with van der Waals surface area (Å²) >= 11 is 4.90. The second-order valence-corrected chi connectivity index (χ2v) is 4.44. The van der Waals surface area contributed by atoms with Crippen molar-refractivity contribution in [3.63, 3.8) is 0 Å². The third kappa shape index (κ3) is 2.65. The van der Waals surface area contributed by atoms with Gasteiger partial charge in [0.15, 0.2) is 5.82 Å². The summed E-state index contributed by atoms with van der Waals surface area (Å²) < 4.78 is 1.31. The van der Waals surface area contributed by atoms with Crippen LogP contribution in [0, 0.1) is 4.77 Å². The zero-order valence-corrected chi connectivity index (χ0v) is 10.8. The summed E-state index contributed by atoms with van der Waals surface area (Å²) in [5.74, 6) is 0.0167. The van der Waals surface area contributed by atoms with Gasteiger partial charge in [-0.2, -0.15) is 4.52 Å². The highest BCUT2D eigenvalue weighted by atomic mass is 32.1. The average Bonchev–Trinajstić information content (AvgIpc) is 2.85. The molecule has 0 saturated heterocycles. The van der Waals surface area contributed by atoms with E-state index in [-0.39, 0.29) is 16.4 Å². The molecule has 4 atom stereocenters. The van der Waals surface area contributed by atoms with Gasteiger partial charge in [0.2, 0.25) is 4.77 Å². The number of aliphatic hydroxyl groups is 4. The molecule has 0 aliphatic carbocycles. The van der Waals surface area contributed by atoms with Gasteiger partial charge in [0.25, 0.3) is 5.78 Å². The summed E-state index contributed by atoms with van der Waals surface area (Å²) in [7, 11) is 0. The molecule has 0 amide bonds. The second kappa shape index (κ2) is 5.82. The fourth-order valence-electron chi connectivity index (χ4n) is 1.49. The molecular formula is C8H13N7O4S. The van der Waals surface area contributed by atoms with Crippen molar-refractivity contribution in [1.29, 1.82) is 0 Å². The van der Waals surface area contributed by atoms with E-state index < -0.39 is 31.0 Å². The minimum atomic E-state index is -1.66. The average molecular weight is 303 g/mol. The normalized spacial score (nSPS) is 17.9. The number of nitrogens with one attached hydrogen (secondary N) is 1. The first kappa shape index (κ1) is 14.8. The zero-order valence-electron chi connectivity index (χ0n) is 10.0. The third-order valence-electron chi connectivity index (χ3n) is 2.67. The molecule has 0 spiro atoms. The fraction of sp³-hybridized carbons (Fsp3) is 0.625. The van der Waals surface area contributed by atoms with E-state index in [4.69, 9.17) is 23.1 Å². The van der Waals surface area contributed by atoms with Crippen LogP contribution in [-0.2, 0) is 0 Å². The standard InChI is InChI=1S/C8H13N7O4S/c9-3(5(19)4(18)2(17)1-16)6-10-11-7-12-13-8(20)15(7)14-6/h2-5,16-19H,1,9H2,(H,13,20). The lowest BCUT2D eigenvalue weighted by Gasteiger charge is -2.24. The molecule has 4 unspecified atom stereocenters. The molecule has 2 aromatic heterocycles. The van der Waals surface area contributed by atoms with Crippen LogP contribution < -0.4 is 5.73 Å². The van der Waals surface area contributed by atoms with E-state index in [1.165, 1.54) is 0 Å². The summed E-state index contributed by atoms with van der Waals surface area (Å²) in [6.07, 6.45) is -4.80. The number of H-pyrrole nitrogens is 1. The monoisotopic (exact) mass is 303 g/mol. The van der Waals surface area contributed by atoms with Crippen LogP contribution in [0.25, 0.3) is 5.78 Å². The molecule has 0 radical (unpaired) electrons. The minimum absolute atomic E-state index is 0.105. The Morgan fingerprint density at radius 1 is 1.25 bits per heavy atom. The summed E-state index contributed by atoms with van der Waals surface area (Å²) in [5.41, 5.74) is 5.70. The highest BCUT2D eigenvalue weighted by Gasteiger charge is 2.32. The number of aromatic nitrogens is 6. The maximum atomic E-state index is 9.82. The van der Waals surface area contributed by atoms with Crippen molar-refractivity contribution < 1.29 is 20.4 Å². The molecule has 12 heteroatoms. The topological polar surface area (TPSA) is 179 Å². The van der Waals surface area contributed by atoms with Crippen molar-refractivity contribution >= 4 is 18.0 Å². The number of rotatable bonds is 5. The van der Waals surface area contributed by atoms with Crippen molar-refractivity contribution in [2.75, 3.05) is 6.61 Å². The van der Waals surface area contributed by atoms with Gasteiger partial charge in [-0.15, -0.1) is 20.4 Å². The van der Waals surface area contributed by atoms with Crippen molar-refractivity contribution in [1.82, 2.24) is 30.0 Å². The number of nitrogens with two attached hydrogens (primary N) is 1. The van der Waals surface area contributed by atoms with Crippen LogP contribution in [0.4, 0.5) is 0 Å². The molecule has 2 rings (SSSR count). The quantitative estimate of drug-likeness (QED) is 0.306. The Labute approximate surface area is 116 Å². The van der Waals surface area contributed by atoms with Crippen LogP contribution in [0.3, 0.4) is 0 Å². The Morgan fingerprint density at radius 2 is 1.95 bits per heavy atom. The predicted octanol–water partition coefficient (Wildman–Crippen LogP) is -3.35. The summed E-state index contributed by atoms with van der Waals surface area (Å²) in [5, 5.41) is 54.8. The largest absolute Gasteiger partial charge is 0.394 e. The van der Waals surface area contributed by atoms with Gasteiger partial charge in [-0.05, 0) is 12.2 Å². The molecule has 0 saturated carbocycles. The number of hydrogen-bond donors (Lipinski definition) is 6. The molecule has 2 aromatic rings. The predicted molar refractivity (Wildman–Crippen MR) is 65.8 cm³/mol. The van der Waals surface area contributed by atoms with Crippen molar-refractivity contribution in [3.8, 4) is 0 Å². The van der Waals surface area contributed by atoms with Gasteiger partial charge in [0.1, 0.15) is 18.3 Å². The molecule has 2 heterocycles. The van der Waals surface area contributed by atoms with E-state index in [1.54, 1.807) is 0 Å². The first-order chi connectivity index (χ1) is 9.45. The van der Waals surface area contributed by atoms with E-state index in [0.29, 0.717) is 0 Å². The highest BCUT2D eigenvalue weighted by molar-refractivity contribution is 7.71. The number of aromatic amines is 1. The van der Waals surface area contributed by atoms with Gasteiger partial charge in [-0.1, -0.05) is 0 Å². The van der Waals surface area contributed by atoms with Crippen LogP contribution in [0.5, 0.6) is 0 Å². The van der Waals surface area contributed by atoms with Gasteiger partial charge in [0.05, 0.1) is 12.6 Å². The lowest BCUT2D eigenvalue weighted by molar-refractivity contribution is -0.0846. The molecule has 0 fully saturated rings. The SMILES string of the molecule is NC(c1nnc2n[nH]c(=S)n2n1)C(O)C(O)C(O)CO. The number of fused-ring (bicyclic) bond motifs is 1. The molecule has 0 aliphatic rings. The second-order valence-electron chi connectivity index (χ2n) is 4.06. The molecule has 0 bridgehead atoms. The third-order valence-corrected chi connectivity index (χ3v) is 2.94. The minimum Gasteiger partial charge on any atom is -0.394 e. The van der Waals surface area contributed by atoms with Gasteiger partial charge in [0, 0.05) is 0 Å². The van der Waals surface area contributed by atoms with Crippen LogP contribution in [-0.4, -0.2) is 75.4 Å². The zero-order chi connectivity index (χ0) is 14.9. The van der Waals surface area contributed by atoms with Crippen LogP contribution in [0.2, 0.25) is 0 Å². The van der Waals surface area contributed by atoms with Gasteiger partial charge < -0.3 is 26.2 Å². The van der Waals surface area contributed by atoms with E-state index in [9.17, 15) is 15.3 Å². The van der Waals surface area contributed by atoms with E-state index in [0.717, 1.165) is 4.52 Å². The Morgan fingerprint density at radius 3 is 2.60 bits per heavy atom. The van der Waals surface area contributed by atoms with Crippen LogP contribution in [0.1, 0.15) is 11.9 Å². The van der Waals surface area contributed by atoms with E-state index in [1.807, 2.05) is 0 Å². The maximum absolute atomic E-state index is 9.82. The molecule has 110 valence electrons. The number of aliphatic hydroxyl groups excluding tert-OH is 4. The van der Waals surface area contributed by atoms with Gasteiger partial charge >= 0.3 is 0 Å². The Bertz CT molecular complexity index is 645. The molecule has 7 N–H and O–H groups in total. The van der Waals surface area contributed by atoms with E-state index in [2.05, 4.69) is 25.5 Å². The number of hydrogen-bond acceptors (Lipinski definition) is 10. The Balaban J connectivity index is 2.28. The molecule has 11 nitrogen and oxygen atoms in total. The smallest absolute Gasteiger partial charge is 0.289 e. The summed E-state index contributed by atoms with van der Waals surface area (Å²) in [4.78, 5) is 0. The lowest BCUT2D eigenvalue weighted by Crippen LogP contribution is -2.45. The summed E-state index contributed by atoms with van der Waals surface area (Å²) in [6, 6.07) is -1.24. The molecule has 0 aromatic carbocycles.